The van der Waals surface area contributed by atoms with E-state index >= 15 is 0 Å². The van der Waals surface area contributed by atoms with E-state index in [1.807, 2.05) is 6.92 Å². The fourth-order valence-electron chi connectivity index (χ4n) is 1.71. The van der Waals surface area contributed by atoms with Crippen LogP contribution in [-0.4, -0.2) is 34.1 Å². The molecule has 1 aromatic carbocycles. The molecule has 1 aromatic heterocycles. The molecule has 104 valence electrons. The Kier molecular flexibility index (Phi) is 3.69. The van der Waals surface area contributed by atoms with Gasteiger partial charge in [-0.05, 0) is 24.6 Å². The number of ether oxygens (including phenoxy) is 1. The second-order valence-corrected chi connectivity index (χ2v) is 4.09. The van der Waals surface area contributed by atoms with Crippen molar-refractivity contribution in [3.8, 4) is 5.75 Å². The number of carboxylic acid groups (broad SMARTS) is 1. The zero-order valence-corrected chi connectivity index (χ0v) is 10.9. The van der Waals surface area contributed by atoms with Gasteiger partial charge in [0.1, 0.15) is 5.75 Å². The van der Waals surface area contributed by atoms with Gasteiger partial charge in [0, 0.05) is 0 Å². The summed E-state index contributed by atoms with van der Waals surface area (Å²) in [5.41, 5.74) is 0.988. The first-order chi connectivity index (χ1) is 9.52. The molecule has 2 aromatic rings. The predicted molar refractivity (Wildman–Crippen MR) is 71.2 cm³/mol. The van der Waals surface area contributed by atoms with Gasteiger partial charge in [0.15, 0.2) is 11.4 Å². The van der Waals surface area contributed by atoms with Crippen molar-refractivity contribution in [2.24, 2.45) is 0 Å². The summed E-state index contributed by atoms with van der Waals surface area (Å²) in [5.74, 6) is -1.37. The van der Waals surface area contributed by atoms with E-state index in [-0.39, 0.29) is 11.4 Å². The molecule has 0 spiro atoms. The number of carbonyl (C=O) groups is 2. The third kappa shape index (κ3) is 2.61. The maximum Gasteiger partial charge on any atom is 0.354 e. The molecule has 0 aliphatic heterocycles. The van der Waals surface area contributed by atoms with Crippen LogP contribution in [0.2, 0.25) is 0 Å². The minimum Gasteiger partial charge on any atom is -0.495 e. The fraction of sp³-hybridized carbons (Fsp3) is 0.154. The van der Waals surface area contributed by atoms with E-state index < -0.39 is 11.9 Å². The van der Waals surface area contributed by atoms with Crippen LogP contribution in [0.1, 0.15) is 26.5 Å². The van der Waals surface area contributed by atoms with Crippen LogP contribution in [0.25, 0.3) is 0 Å². The highest BCUT2D eigenvalue weighted by atomic mass is 16.5. The number of amides is 1. The highest BCUT2D eigenvalue weighted by Gasteiger charge is 2.20. The third-order valence-electron chi connectivity index (χ3n) is 2.67. The number of imidazole rings is 1. The molecule has 0 saturated heterocycles. The lowest BCUT2D eigenvalue weighted by molar-refractivity contribution is 0.0686. The number of aryl methyl sites for hydroxylation is 1. The number of carbonyl (C=O) groups excluding carboxylic acids is 1. The lowest BCUT2D eigenvalue weighted by Gasteiger charge is -2.10. The number of nitrogens with zero attached hydrogens (tertiary/aromatic N) is 1. The molecule has 0 atom stereocenters. The largest absolute Gasteiger partial charge is 0.495 e. The average molecular weight is 275 g/mol. The Hall–Kier alpha value is -2.83. The van der Waals surface area contributed by atoms with E-state index in [1.54, 1.807) is 18.2 Å². The molecule has 0 saturated carbocycles. The van der Waals surface area contributed by atoms with Gasteiger partial charge in [0.25, 0.3) is 5.91 Å². The van der Waals surface area contributed by atoms with Gasteiger partial charge < -0.3 is 20.1 Å². The summed E-state index contributed by atoms with van der Waals surface area (Å²) >= 11 is 0. The molecule has 0 aliphatic carbocycles. The summed E-state index contributed by atoms with van der Waals surface area (Å²) in [6, 6.07) is 5.25. The Morgan fingerprint density at radius 3 is 2.80 bits per heavy atom. The standard InChI is InChI=1S/C13H13N3O4/c1-7-3-4-8(9(5-7)20-2)16-12(17)10-11(13(18)19)15-6-14-10/h3-6H,1-2H3,(H,14,15)(H,16,17)(H,18,19). The summed E-state index contributed by atoms with van der Waals surface area (Å²) in [5, 5.41) is 11.5. The molecule has 7 heteroatoms. The normalized spacial score (nSPS) is 10.1. The van der Waals surface area contributed by atoms with E-state index in [2.05, 4.69) is 15.3 Å². The molecule has 1 heterocycles. The van der Waals surface area contributed by atoms with Crippen molar-refractivity contribution < 1.29 is 19.4 Å². The molecular weight excluding hydrogens is 262 g/mol. The lowest BCUT2D eigenvalue weighted by atomic mass is 10.2. The lowest BCUT2D eigenvalue weighted by Crippen LogP contribution is -2.17. The van der Waals surface area contributed by atoms with Gasteiger partial charge in [-0.1, -0.05) is 6.07 Å². The Balaban J connectivity index is 2.28. The van der Waals surface area contributed by atoms with E-state index in [1.165, 1.54) is 7.11 Å². The van der Waals surface area contributed by atoms with Crippen LogP contribution in [0.5, 0.6) is 5.75 Å². The number of H-pyrrole nitrogens is 1. The summed E-state index contributed by atoms with van der Waals surface area (Å²) in [4.78, 5) is 29.1. The highest BCUT2D eigenvalue weighted by Crippen LogP contribution is 2.25. The maximum atomic E-state index is 12.0. The van der Waals surface area contributed by atoms with Crippen molar-refractivity contribution in [2.45, 2.75) is 6.92 Å². The number of carboxylic acids is 1. The van der Waals surface area contributed by atoms with Crippen LogP contribution in [0.4, 0.5) is 5.69 Å². The Labute approximate surface area is 114 Å². The number of aromatic carboxylic acids is 1. The number of aromatic amines is 1. The van der Waals surface area contributed by atoms with Gasteiger partial charge in [0.05, 0.1) is 19.1 Å². The van der Waals surface area contributed by atoms with Crippen LogP contribution in [-0.2, 0) is 0 Å². The molecule has 3 N–H and O–H groups in total. The van der Waals surface area contributed by atoms with Gasteiger partial charge in [-0.2, -0.15) is 0 Å². The molecular formula is C13H13N3O4. The van der Waals surface area contributed by atoms with Crippen molar-refractivity contribution in [1.82, 2.24) is 9.97 Å². The Morgan fingerprint density at radius 1 is 1.40 bits per heavy atom. The monoisotopic (exact) mass is 275 g/mol. The number of methoxy groups -OCH3 is 1. The van der Waals surface area contributed by atoms with Crippen molar-refractivity contribution in [3.63, 3.8) is 0 Å². The van der Waals surface area contributed by atoms with Crippen LogP contribution < -0.4 is 10.1 Å². The molecule has 1 amide bonds. The van der Waals surface area contributed by atoms with Gasteiger partial charge in [0.2, 0.25) is 0 Å². The molecule has 0 radical (unpaired) electrons. The van der Waals surface area contributed by atoms with E-state index in [4.69, 9.17) is 9.84 Å². The smallest absolute Gasteiger partial charge is 0.354 e. The molecule has 0 aliphatic rings. The number of hydrogen-bond acceptors (Lipinski definition) is 4. The minimum absolute atomic E-state index is 0.180. The number of aromatic nitrogens is 2. The van der Waals surface area contributed by atoms with Gasteiger partial charge in [-0.3, -0.25) is 4.79 Å². The fourth-order valence-corrected chi connectivity index (χ4v) is 1.71. The number of rotatable bonds is 4. The predicted octanol–water partition coefficient (Wildman–Crippen LogP) is 1.68. The minimum atomic E-state index is -1.25. The van der Waals surface area contributed by atoms with Crippen molar-refractivity contribution in [3.05, 3.63) is 41.5 Å². The van der Waals surface area contributed by atoms with Crippen LogP contribution in [0, 0.1) is 6.92 Å². The SMILES string of the molecule is COc1cc(C)ccc1NC(=O)c1nc[nH]c1C(=O)O. The molecule has 0 fully saturated rings. The topological polar surface area (TPSA) is 104 Å². The van der Waals surface area contributed by atoms with Crippen LogP contribution in [0.3, 0.4) is 0 Å². The quantitative estimate of drug-likeness (QED) is 0.787. The maximum absolute atomic E-state index is 12.0. The molecule has 20 heavy (non-hydrogen) atoms. The summed E-state index contributed by atoms with van der Waals surface area (Å²) in [7, 11) is 1.49. The van der Waals surface area contributed by atoms with Gasteiger partial charge in [-0.25, -0.2) is 9.78 Å². The Bertz CT molecular complexity index is 663. The third-order valence-corrected chi connectivity index (χ3v) is 2.67. The second-order valence-electron chi connectivity index (χ2n) is 4.09. The van der Waals surface area contributed by atoms with Crippen molar-refractivity contribution in [1.29, 1.82) is 0 Å². The first kappa shape index (κ1) is 13.6. The number of anilines is 1. The van der Waals surface area contributed by atoms with Crippen molar-refractivity contribution in [2.75, 3.05) is 12.4 Å². The van der Waals surface area contributed by atoms with E-state index in [0.717, 1.165) is 11.9 Å². The zero-order valence-electron chi connectivity index (χ0n) is 10.9. The first-order valence-electron chi connectivity index (χ1n) is 5.75. The number of hydrogen-bond donors (Lipinski definition) is 3. The first-order valence-corrected chi connectivity index (χ1v) is 5.75. The molecule has 7 nitrogen and oxygen atoms in total. The second kappa shape index (κ2) is 5.43. The van der Waals surface area contributed by atoms with Gasteiger partial charge >= 0.3 is 5.97 Å². The molecule has 0 bridgehead atoms. The average Bonchev–Trinajstić information content (AvgIpc) is 2.90. The van der Waals surface area contributed by atoms with Crippen LogP contribution >= 0.6 is 0 Å². The summed E-state index contributed by atoms with van der Waals surface area (Å²) < 4.78 is 5.16. The van der Waals surface area contributed by atoms with Crippen LogP contribution in [0.15, 0.2) is 24.5 Å². The van der Waals surface area contributed by atoms with Gasteiger partial charge in [-0.15, -0.1) is 0 Å². The number of benzene rings is 1. The Morgan fingerprint density at radius 2 is 2.15 bits per heavy atom. The van der Waals surface area contributed by atoms with E-state index in [0.29, 0.717) is 11.4 Å². The van der Waals surface area contributed by atoms with E-state index in [9.17, 15) is 9.59 Å². The molecule has 0 unspecified atom stereocenters. The summed E-state index contributed by atoms with van der Waals surface area (Å²) in [6.45, 7) is 1.89. The number of nitrogens with one attached hydrogen (secondary N) is 2. The van der Waals surface area contributed by atoms with Crippen molar-refractivity contribution >= 4 is 17.6 Å². The highest BCUT2D eigenvalue weighted by molar-refractivity contribution is 6.09. The zero-order chi connectivity index (χ0) is 14.7. The summed E-state index contributed by atoms with van der Waals surface area (Å²) in [6.07, 6.45) is 1.16. The molecule has 2 rings (SSSR count).